The van der Waals surface area contributed by atoms with Gasteiger partial charge in [0.25, 0.3) is 5.91 Å². The van der Waals surface area contributed by atoms with Gasteiger partial charge in [-0.05, 0) is 44.4 Å². The molecule has 3 aliphatic rings. The normalized spacial score (nSPS) is 24.9. The Bertz CT molecular complexity index is 669. The van der Waals surface area contributed by atoms with Crippen molar-refractivity contribution < 1.29 is 14.3 Å². The van der Waals surface area contributed by atoms with Crippen molar-refractivity contribution in [2.24, 2.45) is 5.92 Å². The molecular weight excluding hydrogens is 356 g/mol. The second-order valence-corrected chi connectivity index (χ2v) is 8.01. The molecule has 7 nitrogen and oxygen atoms in total. The highest BCUT2D eigenvalue weighted by Crippen LogP contribution is 2.25. The lowest BCUT2D eigenvalue weighted by atomic mass is 9.92. The number of aromatic nitrogens is 1. The van der Waals surface area contributed by atoms with Gasteiger partial charge >= 0.3 is 0 Å². The molecule has 1 aromatic heterocycles. The van der Waals surface area contributed by atoms with Gasteiger partial charge in [-0.15, -0.1) is 0 Å². The SMILES string of the molecule is O=C(c1ccccn1)N1CCC(N2CCCC(C(=O)N3CCOCC3)C2)CC1. The van der Waals surface area contributed by atoms with E-state index in [9.17, 15) is 9.59 Å². The molecule has 0 spiro atoms. The van der Waals surface area contributed by atoms with Gasteiger partial charge in [0.05, 0.1) is 19.1 Å². The van der Waals surface area contributed by atoms with E-state index in [4.69, 9.17) is 4.74 Å². The molecule has 1 atom stereocenters. The first-order chi connectivity index (χ1) is 13.7. The van der Waals surface area contributed by atoms with E-state index in [0.29, 0.717) is 30.9 Å². The molecule has 0 bridgehead atoms. The number of rotatable bonds is 3. The van der Waals surface area contributed by atoms with E-state index < -0.39 is 0 Å². The molecule has 3 fully saturated rings. The summed E-state index contributed by atoms with van der Waals surface area (Å²) in [7, 11) is 0. The third-order valence-corrected chi connectivity index (χ3v) is 6.28. The average molecular weight is 386 g/mol. The number of morpholine rings is 1. The quantitative estimate of drug-likeness (QED) is 0.782. The summed E-state index contributed by atoms with van der Waals surface area (Å²) in [5.41, 5.74) is 0.523. The fourth-order valence-corrected chi connectivity index (χ4v) is 4.67. The zero-order valence-electron chi connectivity index (χ0n) is 16.5. The van der Waals surface area contributed by atoms with E-state index in [1.54, 1.807) is 12.3 Å². The lowest BCUT2D eigenvalue weighted by Gasteiger charge is -2.43. The number of hydrogen-bond donors (Lipinski definition) is 0. The largest absolute Gasteiger partial charge is 0.378 e. The Morgan fingerprint density at radius 3 is 2.46 bits per heavy atom. The Kier molecular flexibility index (Phi) is 6.22. The molecule has 0 aliphatic carbocycles. The highest BCUT2D eigenvalue weighted by Gasteiger charge is 2.34. The molecule has 4 rings (SSSR count). The molecule has 4 heterocycles. The minimum Gasteiger partial charge on any atom is -0.378 e. The molecule has 7 heteroatoms. The lowest BCUT2D eigenvalue weighted by molar-refractivity contribution is -0.141. The van der Waals surface area contributed by atoms with Crippen LogP contribution in [-0.2, 0) is 9.53 Å². The second-order valence-electron chi connectivity index (χ2n) is 8.01. The van der Waals surface area contributed by atoms with Crippen molar-refractivity contribution >= 4 is 11.8 Å². The first kappa shape index (κ1) is 19.3. The van der Waals surface area contributed by atoms with Crippen molar-refractivity contribution in [2.45, 2.75) is 31.7 Å². The summed E-state index contributed by atoms with van der Waals surface area (Å²) in [6.07, 6.45) is 5.67. The average Bonchev–Trinajstić information content (AvgIpc) is 2.79. The predicted octanol–water partition coefficient (Wildman–Crippen LogP) is 1.26. The predicted molar refractivity (Wildman–Crippen MR) is 105 cm³/mol. The van der Waals surface area contributed by atoms with Crippen LogP contribution < -0.4 is 0 Å². The summed E-state index contributed by atoms with van der Waals surface area (Å²) in [6, 6.07) is 5.93. The third kappa shape index (κ3) is 4.36. The third-order valence-electron chi connectivity index (χ3n) is 6.28. The van der Waals surface area contributed by atoms with Gasteiger partial charge in [0.15, 0.2) is 0 Å². The van der Waals surface area contributed by atoms with E-state index in [0.717, 1.165) is 65.0 Å². The lowest BCUT2D eigenvalue weighted by Crippen LogP contribution is -2.53. The number of nitrogens with zero attached hydrogens (tertiary/aromatic N) is 4. The summed E-state index contributed by atoms with van der Waals surface area (Å²) < 4.78 is 5.37. The zero-order valence-corrected chi connectivity index (χ0v) is 16.5. The first-order valence-corrected chi connectivity index (χ1v) is 10.5. The van der Waals surface area contributed by atoms with Gasteiger partial charge < -0.3 is 14.5 Å². The van der Waals surface area contributed by atoms with Crippen LogP contribution in [-0.4, -0.2) is 90.0 Å². The van der Waals surface area contributed by atoms with E-state index >= 15 is 0 Å². The molecule has 0 saturated carbocycles. The summed E-state index contributed by atoms with van der Waals surface area (Å²) in [6.45, 7) is 6.21. The molecule has 152 valence electrons. The molecule has 1 aromatic rings. The number of carbonyl (C=O) groups excluding carboxylic acids is 2. The highest BCUT2D eigenvalue weighted by atomic mass is 16.5. The van der Waals surface area contributed by atoms with Crippen LogP contribution in [0.2, 0.25) is 0 Å². The van der Waals surface area contributed by atoms with Crippen molar-refractivity contribution in [3.05, 3.63) is 30.1 Å². The van der Waals surface area contributed by atoms with Crippen LogP contribution in [0.3, 0.4) is 0 Å². The van der Waals surface area contributed by atoms with Crippen LogP contribution in [0, 0.1) is 5.92 Å². The zero-order chi connectivity index (χ0) is 19.3. The Balaban J connectivity index is 1.29. The van der Waals surface area contributed by atoms with Gasteiger partial charge in [-0.2, -0.15) is 0 Å². The van der Waals surface area contributed by atoms with Gasteiger partial charge in [0.2, 0.25) is 5.91 Å². The van der Waals surface area contributed by atoms with Gasteiger partial charge in [0.1, 0.15) is 5.69 Å². The number of carbonyl (C=O) groups is 2. The Hall–Kier alpha value is -1.99. The van der Waals surface area contributed by atoms with E-state index in [1.807, 2.05) is 21.9 Å². The fraction of sp³-hybridized carbons (Fsp3) is 0.667. The molecule has 1 unspecified atom stereocenters. The molecular formula is C21H30N4O3. The van der Waals surface area contributed by atoms with Crippen LogP contribution in [0.4, 0.5) is 0 Å². The molecule has 3 aliphatic heterocycles. The monoisotopic (exact) mass is 386 g/mol. The Morgan fingerprint density at radius 1 is 0.964 bits per heavy atom. The molecule has 0 N–H and O–H groups in total. The minimum absolute atomic E-state index is 0.0260. The topological polar surface area (TPSA) is 66.0 Å². The summed E-state index contributed by atoms with van der Waals surface area (Å²) >= 11 is 0. The number of amides is 2. The van der Waals surface area contributed by atoms with Gasteiger partial charge in [-0.25, -0.2) is 0 Å². The maximum absolute atomic E-state index is 12.9. The number of piperidine rings is 2. The smallest absolute Gasteiger partial charge is 0.272 e. The number of likely N-dealkylation sites (tertiary alicyclic amines) is 2. The number of hydrogen-bond acceptors (Lipinski definition) is 5. The maximum atomic E-state index is 12.9. The fourth-order valence-electron chi connectivity index (χ4n) is 4.67. The number of pyridine rings is 1. The van der Waals surface area contributed by atoms with Gasteiger partial charge in [-0.3, -0.25) is 19.5 Å². The van der Waals surface area contributed by atoms with Crippen molar-refractivity contribution in [1.29, 1.82) is 0 Å². The second kappa shape index (κ2) is 9.01. The summed E-state index contributed by atoms with van der Waals surface area (Å²) in [5, 5.41) is 0. The van der Waals surface area contributed by atoms with Gasteiger partial charge in [-0.1, -0.05) is 6.07 Å². The maximum Gasteiger partial charge on any atom is 0.272 e. The minimum atomic E-state index is 0.0260. The Labute approximate surface area is 166 Å². The van der Waals surface area contributed by atoms with E-state index in [-0.39, 0.29) is 11.8 Å². The van der Waals surface area contributed by atoms with Crippen molar-refractivity contribution in [1.82, 2.24) is 19.7 Å². The molecule has 3 saturated heterocycles. The highest BCUT2D eigenvalue weighted by molar-refractivity contribution is 5.92. The van der Waals surface area contributed by atoms with Crippen LogP contribution in [0.15, 0.2) is 24.4 Å². The van der Waals surface area contributed by atoms with Crippen LogP contribution >= 0.6 is 0 Å². The Morgan fingerprint density at radius 2 is 1.75 bits per heavy atom. The molecule has 0 radical (unpaired) electrons. The summed E-state index contributed by atoms with van der Waals surface area (Å²) in [5.74, 6) is 0.439. The van der Waals surface area contributed by atoms with Crippen molar-refractivity contribution in [2.75, 3.05) is 52.5 Å². The molecule has 28 heavy (non-hydrogen) atoms. The molecule has 0 aromatic carbocycles. The van der Waals surface area contributed by atoms with Crippen LogP contribution in [0.5, 0.6) is 0 Å². The van der Waals surface area contributed by atoms with Crippen LogP contribution in [0.1, 0.15) is 36.2 Å². The van der Waals surface area contributed by atoms with Crippen molar-refractivity contribution in [3.8, 4) is 0 Å². The summed E-state index contributed by atoms with van der Waals surface area (Å²) in [4.78, 5) is 36.0. The van der Waals surface area contributed by atoms with Gasteiger partial charge in [0, 0.05) is 45.0 Å². The van der Waals surface area contributed by atoms with Crippen LogP contribution in [0.25, 0.3) is 0 Å². The van der Waals surface area contributed by atoms with Crippen molar-refractivity contribution in [3.63, 3.8) is 0 Å². The number of ether oxygens (including phenoxy) is 1. The van der Waals surface area contributed by atoms with E-state index in [1.165, 1.54) is 0 Å². The standard InChI is InChI=1S/C21H30N4O3/c26-20(24-12-14-28-15-13-24)17-4-3-9-25(16-17)18-6-10-23(11-7-18)21(27)19-5-1-2-8-22-19/h1-2,5,8,17-18H,3-4,6-7,9-16H2. The van der Waals surface area contributed by atoms with E-state index in [2.05, 4.69) is 9.88 Å². The first-order valence-electron chi connectivity index (χ1n) is 10.5. The molecule has 2 amide bonds.